The highest BCUT2D eigenvalue weighted by Gasteiger charge is 2.24. The Morgan fingerprint density at radius 3 is 2.12 bits per heavy atom. The molecule has 0 bridgehead atoms. The zero-order chi connectivity index (χ0) is 13.6. The van der Waals surface area contributed by atoms with Crippen molar-refractivity contribution in [1.82, 2.24) is 4.90 Å². The number of rotatable bonds is 7. The van der Waals surface area contributed by atoms with Crippen molar-refractivity contribution in [3.63, 3.8) is 0 Å². The molecule has 0 fully saturated rings. The van der Waals surface area contributed by atoms with Gasteiger partial charge < -0.3 is 15.7 Å². The van der Waals surface area contributed by atoms with Crippen LogP contribution in [-0.2, 0) is 9.59 Å². The van der Waals surface area contributed by atoms with Gasteiger partial charge in [-0.15, -0.1) is 0 Å². The van der Waals surface area contributed by atoms with Gasteiger partial charge in [0, 0.05) is 19.0 Å². The fourth-order valence-corrected chi connectivity index (χ4v) is 1.56. The zero-order valence-electron chi connectivity index (χ0n) is 11.1. The fraction of sp³-hybridized carbons (Fsp3) is 0.833. The lowest BCUT2D eigenvalue weighted by atomic mass is 10.1. The second-order valence-corrected chi connectivity index (χ2v) is 5.02. The minimum atomic E-state index is -0.923. The fourth-order valence-electron chi connectivity index (χ4n) is 1.56. The van der Waals surface area contributed by atoms with E-state index in [1.54, 1.807) is 4.90 Å². The number of aliphatic carboxylic acids is 1. The molecule has 3 N–H and O–H groups in total. The normalized spacial score (nSPS) is 12.9. The highest BCUT2D eigenvalue weighted by atomic mass is 16.4. The average molecular weight is 244 g/mol. The van der Waals surface area contributed by atoms with Crippen LogP contribution in [0.25, 0.3) is 0 Å². The Hall–Kier alpha value is -1.10. The van der Waals surface area contributed by atoms with Crippen LogP contribution in [0, 0.1) is 5.92 Å². The van der Waals surface area contributed by atoms with E-state index in [4.69, 9.17) is 10.8 Å². The van der Waals surface area contributed by atoms with Crippen LogP contribution in [0.1, 0.15) is 40.5 Å². The number of carboxylic acids is 1. The van der Waals surface area contributed by atoms with Crippen LogP contribution in [0.3, 0.4) is 0 Å². The van der Waals surface area contributed by atoms with Gasteiger partial charge in [0.15, 0.2) is 0 Å². The van der Waals surface area contributed by atoms with E-state index in [1.165, 1.54) is 0 Å². The molecule has 0 aliphatic rings. The quantitative estimate of drug-likeness (QED) is 0.701. The maximum atomic E-state index is 12.0. The van der Waals surface area contributed by atoms with Crippen LogP contribution in [-0.4, -0.2) is 40.5 Å². The van der Waals surface area contributed by atoms with E-state index in [0.717, 1.165) is 0 Å². The van der Waals surface area contributed by atoms with Gasteiger partial charge in [-0.25, -0.2) is 0 Å². The van der Waals surface area contributed by atoms with Crippen molar-refractivity contribution in [3.05, 3.63) is 0 Å². The van der Waals surface area contributed by atoms with E-state index in [0.29, 0.717) is 12.5 Å². The SMILES string of the molecule is CC(C)CN(C(=O)C(N)CCC(=O)O)C(C)C. The molecule has 0 saturated heterocycles. The second-order valence-electron chi connectivity index (χ2n) is 5.02. The number of nitrogens with zero attached hydrogens (tertiary/aromatic N) is 1. The molecule has 100 valence electrons. The van der Waals surface area contributed by atoms with Crippen molar-refractivity contribution in [2.75, 3.05) is 6.54 Å². The van der Waals surface area contributed by atoms with Gasteiger partial charge in [-0.2, -0.15) is 0 Å². The zero-order valence-corrected chi connectivity index (χ0v) is 11.1. The minimum Gasteiger partial charge on any atom is -0.481 e. The molecule has 0 spiro atoms. The van der Waals surface area contributed by atoms with E-state index in [-0.39, 0.29) is 24.8 Å². The number of hydrogen-bond acceptors (Lipinski definition) is 3. The summed E-state index contributed by atoms with van der Waals surface area (Å²) in [4.78, 5) is 24.2. The van der Waals surface area contributed by atoms with Gasteiger partial charge in [-0.1, -0.05) is 13.8 Å². The number of carboxylic acid groups (broad SMARTS) is 1. The maximum absolute atomic E-state index is 12.0. The van der Waals surface area contributed by atoms with Gasteiger partial charge in [0.1, 0.15) is 0 Å². The Balaban J connectivity index is 4.44. The summed E-state index contributed by atoms with van der Waals surface area (Å²) in [5.41, 5.74) is 5.73. The third-order valence-corrected chi connectivity index (χ3v) is 2.45. The summed E-state index contributed by atoms with van der Waals surface area (Å²) in [7, 11) is 0. The summed E-state index contributed by atoms with van der Waals surface area (Å²) in [5.74, 6) is -0.712. The lowest BCUT2D eigenvalue weighted by molar-refractivity contribution is -0.138. The van der Waals surface area contributed by atoms with Crippen LogP contribution in [0.15, 0.2) is 0 Å². The standard InChI is InChI=1S/C12H24N2O3/c1-8(2)7-14(9(3)4)12(17)10(13)5-6-11(15)16/h8-10H,5-7,13H2,1-4H3,(H,15,16). The van der Waals surface area contributed by atoms with Crippen molar-refractivity contribution in [2.45, 2.75) is 52.6 Å². The van der Waals surface area contributed by atoms with E-state index in [9.17, 15) is 9.59 Å². The predicted octanol–water partition coefficient (Wildman–Crippen LogP) is 1.07. The minimum absolute atomic E-state index is 0.0689. The Morgan fingerprint density at radius 1 is 1.24 bits per heavy atom. The lowest BCUT2D eigenvalue weighted by Crippen LogP contribution is -2.48. The van der Waals surface area contributed by atoms with Gasteiger partial charge in [0.05, 0.1) is 6.04 Å². The van der Waals surface area contributed by atoms with E-state index < -0.39 is 12.0 Å². The first kappa shape index (κ1) is 15.9. The van der Waals surface area contributed by atoms with Crippen LogP contribution in [0.2, 0.25) is 0 Å². The summed E-state index contributed by atoms with van der Waals surface area (Å²) in [6.07, 6.45) is 0.121. The molecule has 0 aromatic rings. The Labute approximate surface area is 103 Å². The summed E-state index contributed by atoms with van der Waals surface area (Å²) in [6, 6.07) is -0.631. The molecule has 1 amide bonds. The van der Waals surface area contributed by atoms with Crippen molar-refractivity contribution in [3.8, 4) is 0 Å². The van der Waals surface area contributed by atoms with Crippen LogP contribution in [0.5, 0.6) is 0 Å². The lowest BCUT2D eigenvalue weighted by Gasteiger charge is -2.30. The van der Waals surface area contributed by atoms with Gasteiger partial charge in [-0.05, 0) is 26.2 Å². The van der Waals surface area contributed by atoms with Gasteiger partial charge >= 0.3 is 5.97 Å². The van der Waals surface area contributed by atoms with Crippen LogP contribution in [0.4, 0.5) is 0 Å². The molecule has 5 nitrogen and oxygen atoms in total. The van der Waals surface area contributed by atoms with Crippen molar-refractivity contribution < 1.29 is 14.7 Å². The molecule has 5 heteroatoms. The predicted molar refractivity (Wildman–Crippen MR) is 66.5 cm³/mol. The van der Waals surface area contributed by atoms with E-state index >= 15 is 0 Å². The summed E-state index contributed by atoms with van der Waals surface area (Å²) < 4.78 is 0. The van der Waals surface area contributed by atoms with Crippen LogP contribution >= 0.6 is 0 Å². The number of nitrogens with two attached hydrogens (primary N) is 1. The van der Waals surface area contributed by atoms with E-state index in [1.807, 2.05) is 27.7 Å². The molecule has 0 radical (unpaired) electrons. The first-order valence-corrected chi connectivity index (χ1v) is 6.03. The number of carbonyl (C=O) groups is 2. The van der Waals surface area contributed by atoms with Crippen molar-refractivity contribution in [1.29, 1.82) is 0 Å². The molecule has 1 atom stereocenters. The van der Waals surface area contributed by atoms with E-state index in [2.05, 4.69) is 0 Å². The number of amides is 1. The molecule has 0 aromatic heterocycles. The van der Waals surface area contributed by atoms with Gasteiger partial charge in [0.25, 0.3) is 0 Å². The van der Waals surface area contributed by atoms with Crippen molar-refractivity contribution in [2.24, 2.45) is 11.7 Å². The second kappa shape index (κ2) is 7.27. The molecule has 0 aliphatic carbocycles. The largest absolute Gasteiger partial charge is 0.481 e. The smallest absolute Gasteiger partial charge is 0.303 e. The highest BCUT2D eigenvalue weighted by molar-refractivity contribution is 5.82. The Kier molecular flexibility index (Phi) is 6.80. The average Bonchev–Trinajstić information content (AvgIpc) is 2.20. The molecular weight excluding hydrogens is 220 g/mol. The summed E-state index contributed by atoms with van der Waals surface area (Å²) in [6.45, 7) is 8.59. The first-order chi connectivity index (χ1) is 7.75. The third-order valence-electron chi connectivity index (χ3n) is 2.45. The Morgan fingerprint density at radius 2 is 1.76 bits per heavy atom. The number of hydrogen-bond donors (Lipinski definition) is 2. The maximum Gasteiger partial charge on any atom is 0.303 e. The monoisotopic (exact) mass is 244 g/mol. The van der Waals surface area contributed by atoms with Crippen LogP contribution < -0.4 is 5.73 Å². The first-order valence-electron chi connectivity index (χ1n) is 6.03. The molecule has 0 heterocycles. The molecular formula is C12H24N2O3. The third kappa shape index (κ3) is 6.26. The topological polar surface area (TPSA) is 83.6 Å². The molecule has 0 saturated carbocycles. The molecule has 17 heavy (non-hydrogen) atoms. The van der Waals surface area contributed by atoms with Crippen molar-refractivity contribution >= 4 is 11.9 Å². The highest BCUT2D eigenvalue weighted by Crippen LogP contribution is 2.08. The van der Waals surface area contributed by atoms with Gasteiger partial charge in [0.2, 0.25) is 5.91 Å². The summed E-state index contributed by atoms with van der Waals surface area (Å²) >= 11 is 0. The molecule has 0 aliphatic heterocycles. The molecule has 0 aromatic carbocycles. The molecule has 0 rings (SSSR count). The summed E-state index contributed by atoms with van der Waals surface area (Å²) in [5, 5.41) is 8.56. The molecule has 1 unspecified atom stereocenters. The number of carbonyl (C=O) groups excluding carboxylic acids is 1. The van der Waals surface area contributed by atoms with Gasteiger partial charge in [-0.3, -0.25) is 9.59 Å². The Bertz CT molecular complexity index is 264.